The maximum atomic E-state index is 3.67. The highest BCUT2D eigenvalue weighted by Gasteiger charge is 2.44. The zero-order valence-corrected chi connectivity index (χ0v) is 14.8. The first kappa shape index (κ1) is 14.9. The molecular weight excluding hydrogens is 270 g/mol. The Balaban J connectivity index is 1.87. The molecular formula is C19H27NSi. The van der Waals surface area contributed by atoms with Crippen LogP contribution in [0.15, 0.2) is 18.2 Å². The molecule has 1 aromatic carbocycles. The molecule has 0 atom stereocenters. The highest BCUT2D eigenvalue weighted by Crippen LogP contribution is 2.49. The third kappa shape index (κ3) is 3.78. The average Bonchev–Trinajstić information content (AvgIpc) is 3.29. The van der Waals surface area contributed by atoms with E-state index in [4.69, 9.17) is 0 Å². The van der Waals surface area contributed by atoms with E-state index in [1.807, 2.05) is 0 Å². The van der Waals surface area contributed by atoms with Crippen LogP contribution in [0.25, 0.3) is 0 Å². The van der Waals surface area contributed by atoms with Gasteiger partial charge in [0.25, 0.3) is 0 Å². The van der Waals surface area contributed by atoms with E-state index in [1.165, 1.54) is 42.4 Å². The molecule has 1 aromatic rings. The second-order valence-corrected chi connectivity index (χ2v) is 12.6. The van der Waals surface area contributed by atoms with E-state index < -0.39 is 8.07 Å². The Bertz CT molecular complexity index is 592. The van der Waals surface area contributed by atoms with Crippen molar-refractivity contribution in [2.45, 2.75) is 70.2 Å². The smallest absolute Gasteiger partial charge is 0.129 e. The first-order valence-electron chi connectivity index (χ1n) is 8.26. The molecule has 2 aliphatic carbocycles. The maximum Gasteiger partial charge on any atom is 0.129 e. The van der Waals surface area contributed by atoms with Gasteiger partial charge in [-0.15, -0.1) is 5.54 Å². The van der Waals surface area contributed by atoms with Crippen molar-refractivity contribution in [3.05, 3.63) is 34.9 Å². The molecule has 2 aliphatic rings. The number of benzene rings is 1. The Labute approximate surface area is 130 Å². The van der Waals surface area contributed by atoms with Gasteiger partial charge in [0.1, 0.15) is 8.07 Å². The van der Waals surface area contributed by atoms with Crippen LogP contribution < -0.4 is 5.32 Å². The SMILES string of the molecule is Cc1ccc(C2(C#C[Si](C)(C)C)CC2)c(CNC2CC2)c1. The van der Waals surface area contributed by atoms with E-state index in [2.05, 4.69) is 61.5 Å². The first-order valence-corrected chi connectivity index (χ1v) is 11.8. The summed E-state index contributed by atoms with van der Waals surface area (Å²) in [4.78, 5) is 0. The summed E-state index contributed by atoms with van der Waals surface area (Å²) >= 11 is 0. The van der Waals surface area contributed by atoms with Crippen LogP contribution in [0.3, 0.4) is 0 Å². The predicted octanol–water partition coefficient (Wildman–Crippen LogP) is 4.16. The normalized spacial score (nSPS) is 19.8. The van der Waals surface area contributed by atoms with Crippen LogP contribution in [0.4, 0.5) is 0 Å². The van der Waals surface area contributed by atoms with Crippen molar-refractivity contribution in [1.29, 1.82) is 0 Å². The van der Waals surface area contributed by atoms with Gasteiger partial charge in [-0.05, 0) is 43.7 Å². The van der Waals surface area contributed by atoms with Gasteiger partial charge in [-0.1, -0.05) is 49.3 Å². The van der Waals surface area contributed by atoms with Crippen LogP contribution in [-0.4, -0.2) is 14.1 Å². The lowest BCUT2D eigenvalue weighted by molar-refractivity contribution is 0.677. The van der Waals surface area contributed by atoms with Gasteiger partial charge in [-0.2, -0.15) is 0 Å². The highest BCUT2D eigenvalue weighted by molar-refractivity contribution is 6.83. The molecule has 1 N–H and O–H groups in total. The van der Waals surface area contributed by atoms with Crippen LogP contribution in [-0.2, 0) is 12.0 Å². The summed E-state index contributed by atoms with van der Waals surface area (Å²) in [7, 11) is -1.29. The van der Waals surface area contributed by atoms with E-state index in [1.54, 1.807) is 0 Å². The van der Waals surface area contributed by atoms with Gasteiger partial charge in [0.2, 0.25) is 0 Å². The molecule has 0 aromatic heterocycles. The zero-order valence-electron chi connectivity index (χ0n) is 13.8. The van der Waals surface area contributed by atoms with Crippen molar-refractivity contribution >= 4 is 8.07 Å². The number of nitrogens with one attached hydrogen (secondary N) is 1. The molecule has 21 heavy (non-hydrogen) atoms. The molecule has 2 fully saturated rings. The lowest BCUT2D eigenvalue weighted by atomic mass is 9.91. The summed E-state index contributed by atoms with van der Waals surface area (Å²) in [5.41, 5.74) is 8.12. The van der Waals surface area contributed by atoms with E-state index in [9.17, 15) is 0 Å². The van der Waals surface area contributed by atoms with Crippen LogP contribution in [0.2, 0.25) is 19.6 Å². The number of aryl methyl sites for hydroxylation is 1. The summed E-state index contributed by atoms with van der Waals surface area (Å²) < 4.78 is 0. The monoisotopic (exact) mass is 297 g/mol. The van der Waals surface area contributed by atoms with Crippen LogP contribution in [0.5, 0.6) is 0 Å². The summed E-state index contributed by atoms with van der Waals surface area (Å²) in [6, 6.07) is 7.72. The highest BCUT2D eigenvalue weighted by atomic mass is 28.3. The molecule has 0 unspecified atom stereocenters. The number of hydrogen-bond acceptors (Lipinski definition) is 1. The Morgan fingerprint density at radius 3 is 2.52 bits per heavy atom. The maximum absolute atomic E-state index is 3.67. The van der Waals surface area contributed by atoms with Crippen LogP contribution in [0.1, 0.15) is 42.4 Å². The fraction of sp³-hybridized carbons (Fsp3) is 0.579. The summed E-state index contributed by atoms with van der Waals surface area (Å²) in [5.74, 6) is 3.67. The van der Waals surface area contributed by atoms with Crippen molar-refractivity contribution < 1.29 is 0 Å². The minimum Gasteiger partial charge on any atom is -0.310 e. The number of rotatable bonds is 4. The Morgan fingerprint density at radius 1 is 1.24 bits per heavy atom. The summed E-state index contributed by atoms with van der Waals surface area (Å²) in [6.07, 6.45) is 5.18. The largest absolute Gasteiger partial charge is 0.310 e. The third-order valence-electron chi connectivity index (χ3n) is 4.36. The molecule has 3 rings (SSSR count). The van der Waals surface area contributed by atoms with E-state index in [0.29, 0.717) is 0 Å². The fourth-order valence-corrected chi connectivity index (χ4v) is 3.39. The first-order chi connectivity index (χ1) is 9.88. The zero-order chi connectivity index (χ0) is 15.1. The van der Waals surface area contributed by atoms with Gasteiger partial charge < -0.3 is 5.32 Å². The van der Waals surface area contributed by atoms with E-state index >= 15 is 0 Å². The van der Waals surface area contributed by atoms with E-state index in [0.717, 1.165) is 12.6 Å². The third-order valence-corrected chi connectivity index (χ3v) is 5.24. The van der Waals surface area contributed by atoms with Gasteiger partial charge in [-0.3, -0.25) is 0 Å². The Kier molecular flexibility index (Phi) is 3.76. The Hall–Kier alpha value is -1.04. The topological polar surface area (TPSA) is 12.0 Å². The van der Waals surface area contributed by atoms with Gasteiger partial charge >= 0.3 is 0 Å². The van der Waals surface area contributed by atoms with Crippen molar-refractivity contribution in [3.63, 3.8) is 0 Å². The van der Waals surface area contributed by atoms with Crippen molar-refractivity contribution in [2.75, 3.05) is 0 Å². The summed E-state index contributed by atoms with van der Waals surface area (Å²) in [6.45, 7) is 10.2. The van der Waals surface area contributed by atoms with Gasteiger partial charge in [0.15, 0.2) is 0 Å². The van der Waals surface area contributed by atoms with Gasteiger partial charge in [0.05, 0.1) is 5.41 Å². The molecule has 2 heteroatoms. The molecule has 0 amide bonds. The lowest BCUT2D eigenvalue weighted by Gasteiger charge is -2.17. The summed E-state index contributed by atoms with van der Waals surface area (Å²) in [5, 5.41) is 3.67. The quantitative estimate of drug-likeness (QED) is 0.650. The van der Waals surface area contributed by atoms with Gasteiger partial charge in [0, 0.05) is 12.6 Å². The molecule has 0 bridgehead atoms. The molecule has 0 heterocycles. The van der Waals surface area contributed by atoms with Crippen molar-refractivity contribution in [3.8, 4) is 11.5 Å². The standard InChI is InChI=1S/C19H27NSi/c1-15-5-8-18(16(13-15)14-20-17-6-7-17)19(9-10-19)11-12-21(2,3)4/h5,8,13,17,20H,6-7,9-10,14H2,1-4H3. The minimum atomic E-state index is -1.29. The van der Waals surface area contributed by atoms with Crippen LogP contribution in [0, 0.1) is 18.4 Å². The molecule has 0 radical (unpaired) electrons. The molecule has 0 spiro atoms. The fourth-order valence-electron chi connectivity index (χ4n) is 2.77. The second-order valence-electron chi connectivity index (χ2n) is 7.90. The molecule has 0 aliphatic heterocycles. The van der Waals surface area contributed by atoms with Crippen LogP contribution >= 0.6 is 0 Å². The molecule has 112 valence electrons. The van der Waals surface area contributed by atoms with Gasteiger partial charge in [-0.25, -0.2) is 0 Å². The van der Waals surface area contributed by atoms with E-state index in [-0.39, 0.29) is 5.41 Å². The minimum absolute atomic E-state index is 0.175. The molecule has 1 nitrogen and oxygen atoms in total. The lowest BCUT2D eigenvalue weighted by Crippen LogP contribution is -2.20. The second kappa shape index (κ2) is 5.30. The molecule has 0 saturated heterocycles. The predicted molar refractivity (Wildman–Crippen MR) is 93.1 cm³/mol. The van der Waals surface area contributed by atoms with Crippen molar-refractivity contribution in [1.82, 2.24) is 5.32 Å². The number of hydrogen-bond donors (Lipinski definition) is 1. The Morgan fingerprint density at radius 2 is 1.95 bits per heavy atom. The average molecular weight is 298 g/mol. The van der Waals surface area contributed by atoms with Crippen molar-refractivity contribution in [2.24, 2.45) is 0 Å². The molecule has 2 saturated carbocycles.